The van der Waals surface area contributed by atoms with Crippen molar-refractivity contribution < 1.29 is 14.3 Å². The van der Waals surface area contributed by atoms with Gasteiger partial charge in [-0.3, -0.25) is 4.79 Å². The molecule has 0 radical (unpaired) electrons. The number of carbonyl (C=O) groups excluding carboxylic acids is 2. The smallest absolute Gasteiger partial charge is 0.320 e. The summed E-state index contributed by atoms with van der Waals surface area (Å²) < 4.78 is 5.58. The van der Waals surface area contributed by atoms with Gasteiger partial charge in [-0.05, 0) is 30.0 Å². The predicted molar refractivity (Wildman–Crippen MR) is 105 cm³/mol. The van der Waals surface area contributed by atoms with Crippen LogP contribution in [0.25, 0.3) is 0 Å². The fraction of sp³-hybridized carbons (Fsp3) is 0.619. The standard InChI is InChI=1S/C21H28N4O3/c1-14-8-24(9-14)17-4-2-15(3-5-17)16-10-25(11-16)21(27)23-7-6-19-18(12-23)22-20(26)13-28-19/h2-5,14,16,18-19H,6-13H2,1H3,(H,22,26)/t18-,19?/m1/s1. The number of amides is 3. The lowest BCUT2D eigenvalue weighted by Crippen LogP contribution is -2.63. The zero-order chi connectivity index (χ0) is 19.3. The van der Waals surface area contributed by atoms with E-state index in [4.69, 9.17) is 4.74 Å². The first-order valence-corrected chi connectivity index (χ1v) is 10.4. The van der Waals surface area contributed by atoms with Gasteiger partial charge in [0.05, 0.1) is 12.1 Å². The van der Waals surface area contributed by atoms with Crippen LogP contribution >= 0.6 is 0 Å². The molecule has 1 aromatic rings. The van der Waals surface area contributed by atoms with Gasteiger partial charge in [-0.1, -0.05) is 19.1 Å². The van der Waals surface area contributed by atoms with Gasteiger partial charge in [0.2, 0.25) is 5.91 Å². The van der Waals surface area contributed by atoms with Gasteiger partial charge in [0, 0.05) is 50.9 Å². The number of fused-ring (bicyclic) bond motifs is 1. The number of urea groups is 1. The second kappa shape index (κ2) is 6.95. The number of anilines is 1. The molecule has 1 unspecified atom stereocenters. The van der Waals surface area contributed by atoms with E-state index in [2.05, 4.69) is 41.4 Å². The summed E-state index contributed by atoms with van der Waals surface area (Å²) in [4.78, 5) is 30.6. The SMILES string of the molecule is CC1CN(c2ccc(C3CN(C(=O)N4CCC5OCC(=O)N[C@@H]5C4)C3)cc2)C1. The Morgan fingerprint density at radius 2 is 1.82 bits per heavy atom. The van der Waals surface area contributed by atoms with E-state index in [1.165, 1.54) is 11.3 Å². The monoisotopic (exact) mass is 384 g/mol. The van der Waals surface area contributed by atoms with Crippen molar-refractivity contribution in [2.75, 3.05) is 50.8 Å². The number of morpholine rings is 1. The summed E-state index contributed by atoms with van der Waals surface area (Å²) in [6, 6.07) is 8.86. The third kappa shape index (κ3) is 3.21. The maximum absolute atomic E-state index is 12.8. The first kappa shape index (κ1) is 17.8. The Morgan fingerprint density at radius 1 is 1.07 bits per heavy atom. The molecule has 0 bridgehead atoms. The number of nitrogens with zero attached hydrogens (tertiary/aromatic N) is 3. The number of hydrogen-bond acceptors (Lipinski definition) is 4. The largest absolute Gasteiger partial charge is 0.371 e. The zero-order valence-electron chi connectivity index (χ0n) is 16.3. The molecule has 0 aliphatic carbocycles. The second-order valence-corrected chi connectivity index (χ2v) is 8.74. The molecule has 2 atom stereocenters. The van der Waals surface area contributed by atoms with E-state index in [-0.39, 0.29) is 30.7 Å². The Balaban J connectivity index is 1.13. The number of piperidine rings is 1. The number of likely N-dealkylation sites (tertiary alicyclic amines) is 2. The highest BCUT2D eigenvalue weighted by atomic mass is 16.5. The Bertz CT molecular complexity index is 755. The molecule has 4 saturated heterocycles. The van der Waals surface area contributed by atoms with E-state index in [1.54, 1.807) is 0 Å². The van der Waals surface area contributed by atoms with E-state index in [9.17, 15) is 9.59 Å². The quantitative estimate of drug-likeness (QED) is 0.834. The number of hydrogen-bond donors (Lipinski definition) is 1. The zero-order valence-corrected chi connectivity index (χ0v) is 16.3. The van der Waals surface area contributed by atoms with Crippen molar-refractivity contribution in [2.45, 2.75) is 31.4 Å². The van der Waals surface area contributed by atoms with Crippen LogP contribution in [0.15, 0.2) is 24.3 Å². The lowest BCUT2D eigenvalue weighted by atomic mass is 9.91. The van der Waals surface area contributed by atoms with Crippen LogP contribution in [0.1, 0.15) is 24.8 Å². The second-order valence-electron chi connectivity index (χ2n) is 8.74. The average Bonchev–Trinajstić information content (AvgIpc) is 2.64. The summed E-state index contributed by atoms with van der Waals surface area (Å²) >= 11 is 0. The van der Waals surface area contributed by atoms with Crippen LogP contribution in [0.4, 0.5) is 10.5 Å². The highest BCUT2D eigenvalue weighted by Gasteiger charge is 2.40. The molecule has 4 fully saturated rings. The Hall–Kier alpha value is -2.28. The van der Waals surface area contributed by atoms with E-state index < -0.39 is 0 Å². The highest BCUT2D eigenvalue weighted by Crippen LogP contribution is 2.31. The number of benzene rings is 1. The van der Waals surface area contributed by atoms with Crippen molar-refractivity contribution >= 4 is 17.6 Å². The van der Waals surface area contributed by atoms with Gasteiger partial charge in [-0.15, -0.1) is 0 Å². The highest BCUT2D eigenvalue weighted by molar-refractivity contribution is 5.79. The lowest BCUT2D eigenvalue weighted by Gasteiger charge is -2.46. The summed E-state index contributed by atoms with van der Waals surface area (Å²) in [6.45, 7) is 7.49. The minimum Gasteiger partial charge on any atom is -0.371 e. The van der Waals surface area contributed by atoms with Gasteiger partial charge in [0.1, 0.15) is 6.61 Å². The first-order chi connectivity index (χ1) is 13.6. The normalized spacial score (nSPS) is 28.3. The van der Waals surface area contributed by atoms with E-state index in [0.29, 0.717) is 19.0 Å². The molecule has 28 heavy (non-hydrogen) atoms. The molecular formula is C21H28N4O3. The topological polar surface area (TPSA) is 65.1 Å². The average molecular weight is 384 g/mol. The molecule has 4 heterocycles. The Labute approximate surface area is 165 Å². The maximum atomic E-state index is 12.8. The molecule has 0 saturated carbocycles. The number of rotatable bonds is 2. The molecule has 1 N–H and O–H groups in total. The number of nitrogens with one attached hydrogen (secondary N) is 1. The van der Waals surface area contributed by atoms with Crippen molar-refractivity contribution in [1.29, 1.82) is 0 Å². The van der Waals surface area contributed by atoms with Gasteiger partial charge in [-0.25, -0.2) is 4.79 Å². The van der Waals surface area contributed by atoms with Gasteiger partial charge < -0.3 is 24.8 Å². The third-order valence-electron chi connectivity index (χ3n) is 6.54. The molecule has 7 nitrogen and oxygen atoms in total. The van der Waals surface area contributed by atoms with Crippen LogP contribution in [0, 0.1) is 5.92 Å². The molecule has 0 aromatic heterocycles. The van der Waals surface area contributed by atoms with Gasteiger partial charge >= 0.3 is 6.03 Å². The summed E-state index contributed by atoms with van der Waals surface area (Å²) in [7, 11) is 0. The molecule has 4 aliphatic heterocycles. The third-order valence-corrected chi connectivity index (χ3v) is 6.54. The minimum absolute atomic E-state index is 0.0406. The molecule has 1 aromatic carbocycles. The van der Waals surface area contributed by atoms with Crippen molar-refractivity contribution in [2.24, 2.45) is 5.92 Å². The molecule has 0 spiro atoms. The summed E-state index contributed by atoms with van der Waals surface area (Å²) in [5.41, 5.74) is 2.61. The molecular weight excluding hydrogens is 356 g/mol. The fourth-order valence-corrected chi connectivity index (χ4v) is 4.79. The lowest BCUT2D eigenvalue weighted by molar-refractivity contribution is -0.139. The molecule has 3 amide bonds. The first-order valence-electron chi connectivity index (χ1n) is 10.4. The summed E-state index contributed by atoms with van der Waals surface area (Å²) in [6.07, 6.45) is 0.823. The van der Waals surface area contributed by atoms with Gasteiger partial charge in [0.15, 0.2) is 0 Å². The van der Waals surface area contributed by atoms with Crippen molar-refractivity contribution in [3.05, 3.63) is 29.8 Å². The van der Waals surface area contributed by atoms with Crippen LogP contribution in [0.2, 0.25) is 0 Å². The van der Waals surface area contributed by atoms with E-state index in [1.807, 2.05) is 9.80 Å². The Kier molecular flexibility index (Phi) is 4.42. The Morgan fingerprint density at radius 3 is 2.54 bits per heavy atom. The van der Waals surface area contributed by atoms with E-state index >= 15 is 0 Å². The van der Waals surface area contributed by atoms with Gasteiger partial charge in [-0.2, -0.15) is 0 Å². The fourth-order valence-electron chi connectivity index (χ4n) is 4.79. The van der Waals surface area contributed by atoms with Crippen LogP contribution in [0.5, 0.6) is 0 Å². The number of carbonyl (C=O) groups is 2. The van der Waals surface area contributed by atoms with Crippen molar-refractivity contribution in [3.63, 3.8) is 0 Å². The van der Waals surface area contributed by atoms with Gasteiger partial charge in [0.25, 0.3) is 0 Å². The number of ether oxygens (including phenoxy) is 1. The van der Waals surface area contributed by atoms with Crippen LogP contribution in [-0.4, -0.2) is 79.8 Å². The maximum Gasteiger partial charge on any atom is 0.320 e. The van der Waals surface area contributed by atoms with Crippen molar-refractivity contribution in [1.82, 2.24) is 15.1 Å². The van der Waals surface area contributed by atoms with Crippen LogP contribution in [-0.2, 0) is 9.53 Å². The summed E-state index contributed by atoms with van der Waals surface area (Å²) in [5, 5.41) is 2.96. The molecule has 7 heteroatoms. The van der Waals surface area contributed by atoms with E-state index in [0.717, 1.165) is 38.5 Å². The van der Waals surface area contributed by atoms with Crippen molar-refractivity contribution in [3.8, 4) is 0 Å². The van der Waals surface area contributed by atoms with Crippen LogP contribution in [0.3, 0.4) is 0 Å². The molecule has 150 valence electrons. The predicted octanol–water partition coefficient (Wildman–Crippen LogP) is 1.25. The molecule has 4 aliphatic rings. The summed E-state index contributed by atoms with van der Waals surface area (Å²) in [5.74, 6) is 1.13. The molecule has 5 rings (SSSR count). The minimum atomic E-state index is -0.0873. The van der Waals surface area contributed by atoms with Crippen LogP contribution < -0.4 is 10.2 Å².